The molecule has 0 radical (unpaired) electrons. The number of aryl methyl sites for hydroxylation is 1. The van der Waals surface area contributed by atoms with E-state index in [0.29, 0.717) is 27.8 Å². The van der Waals surface area contributed by atoms with Crippen LogP contribution in [0.5, 0.6) is 0 Å². The molecular weight excluding hydrogens is 427 g/mol. The zero-order valence-electron chi connectivity index (χ0n) is 16.7. The van der Waals surface area contributed by atoms with Crippen LogP contribution in [0.25, 0.3) is 0 Å². The summed E-state index contributed by atoms with van der Waals surface area (Å²) < 4.78 is 0. The number of hydrazone groups is 1. The Bertz CT molecular complexity index is 1020. The van der Waals surface area contributed by atoms with E-state index < -0.39 is 11.9 Å². The zero-order chi connectivity index (χ0) is 22.0. The maximum absolute atomic E-state index is 13.2. The minimum absolute atomic E-state index is 0.0772. The van der Waals surface area contributed by atoms with Crippen LogP contribution in [0.3, 0.4) is 0 Å². The summed E-state index contributed by atoms with van der Waals surface area (Å²) in [4.78, 5) is 30.0. The number of amides is 2. The molecule has 0 aliphatic carbocycles. The largest absolute Gasteiger partial charge is 0.399 e. The summed E-state index contributed by atoms with van der Waals surface area (Å²) in [6.07, 6.45) is 1.73. The van der Waals surface area contributed by atoms with Crippen molar-refractivity contribution in [3.63, 3.8) is 0 Å². The third kappa shape index (κ3) is 4.66. The van der Waals surface area contributed by atoms with Gasteiger partial charge >= 0.3 is 0 Å². The molecule has 1 aliphatic heterocycles. The lowest BCUT2D eigenvalue weighted by atomic mass is 10.0. The van der Waals surface area contributed by atoms with Gasteiger partial charge in [0.25, 0.3) is 5.91 Å². The number of rotatable bonds is 5. The molecule has 4 N–H and O–H groups in total. The lowest BCUT2D eigenvalue weighted by Crippen LogP contribution is -2.40. The fraction of sp³-hybridized carbons (Fsp3) is 0.300. The second kappa shape index (κ2) is 8.89. The second-order valence-corrected chi connectivity index (χ2v) is 8.07. The van der Waals surface area contributed by atoms with E-state index >= 15 is 0 Å². The summed E-state index contributed by atoms with van der Waals surface area (Å²) in [5, 5.41) is 11.8. The van der Waals surface area contributed by atoms with E-state index in [4.69, 9.17) is 28.9 Å². The highest BCUT2D eigenvalue weighted by Crippen LogP contribution is 2.31. The van der Waals surface area contributed by atoms with Gasteiger partial charge in [-0.25, -0.2) is 9.99 Å². The monoisotopic (exact) mass is 448 g/mol. The highest BCUT2D eigenvalue weighted by atomic mass is 35.5. The summed E-state index contributed by atoms with van der Waals surface area (Å²) in [5.74, 6) is -0.412. The number of pyridine rings is 1. The summed E-state index contributed by atoms with van der Waals surface area (Å²) >= 11 is 12.3. The molecule has 1 unspecified atom stereocenters. The summed E-state index contributed by atoms with van der Waals surface area (Å²) in [7, 11) is 0. The Kier molecular flexibility index (Phi) is 6.48. The van der Waals surface area contributed by atoms with Crippen molar-refractivity contribution in [2.45, 2.75) is 39.3 Å². The smallest absolute Gasteiger partial charge is 0.253 e. The molecule has 8 nitrogen and oxygen atoms in total. The number of nitrogens with zero attached hydrogens (tertiary/aromatic N) is 3. The molecule has 30 heavy (non-hydrogen) atoms. The predicted molar refractivity (Wildman–Crippen MR) is 120 cm³/mol. The highest BCUT2D eigenvalue weighted by Gasteiger charge is 2.35. The van der Waals surface area contributed by atoms with E-state index in [1.54, 1.807) is 31.3 Å². The highest BCUT2D eigenvalue weighted by molar-refractivity contribution is 6.66. The Morgan fingerprint density at radius 2 is 2.03 bits per heavy atom. The van der Waals surface area contributed by atoms with Crippen molar-refractivity contribution in [2.75, 3.05) is 16.1 Å². The normalized spacial score (nSPS) is 15.9. The van der Waals surface area contributed by atoms with Crippen LogP contribution in [-0.4, -0.2) is 34.1 Å². The van der Waals surface area contributed by atoms with Crippen LogP contribution in [0, 0.1) is 6.92 Å². The van der Waals surface area contributed by atoms with E-state index in [9.17, 15) is 9.59 Å². The molecule has 3 rings (SSSR count). The molecule has 1 aromatic heterocycles. The standard InChI is InChI=1S/C20H22Cl2N6O2/c1-10(2)25-19(29)13-8-12(23)7-11(3)17(13)26-20(30)15-9-16(22)27-28(15)18-14(21)5-4-6-24-18/h4-8,10,15H,9,23H2,1-3H3,(H,25,29)(H,26,30). The van der Waals surface area contributed by atoms with Gasteiger partial charge in [-0.2, -0.15) is 5.10 Å². The number of hydrogen-bond donors (Lipinski definition) is 3. The van der Waals surface area contributed by atoms with Gasteiger partial charge in [0, 0.05) is 24.3 Å². The fourth-order valence-corrected chi connectivity index (χ4v) is 3.56. The Labute approximate surface area is 184 Å². The molecule has 0 fully saturated rings. The molecule has 1 aliphatic rings. The Morgan fingerprint density at radius 1 is 1.30 bits per heavy atom. The van der Waals surface area contributed by atoms with Crippen LogP contribution in [0.1, 0.15) is 36.2 Å². The van der Waals surface area contributed by atoms with Gasteiger partial charge in [-0.05, 0) is 50.6 Å². The number of carbonyl (C=O) groups excluding carboxylic acids is 2. The lowest BCUT2D eigenvalue weighted by molar-refractivity contribution is -0.117. The van der Waals surface area contributed by atoms with Crippen molar-refractivity contribution in [3.05, 3.63) is 46.6 Å². The molecule has 0 saturated carbocycles. The predicted octanol–water partition coefficient (Wildman–Crippen LogP) is 3.53. The van der Waals surface area contributed by atoms with Gasteiger partial charge < -0.3 is 16.4 Å². The second-order valence-electron chi connectivity index (χ2n) is 7.23. The van der Waals surface area contributed by atoms with E-state index in [0.717, 1.165) is 0 Å². The molecule has 0 spiro atoms. The van der Waals surface area contributed by atoms with Crippen LogP contribution in [0.4, 0.5) is 17.2 Å². The molecule has 0 saturated heterocycles. The molecule has 0 bridgehead atoms. The SMILES string of the molecule is Cc1cc(N)cc(C(=O)NC(C)C)c1NC(=O)C1CC(Cl)=NN1c1ncccc1Cl. The number of nitrogens with one attached hydrogen (secondary N) is 2. The fourth-order valence-electron chi connectivity index (χ4n) is 3.12. The molecule has 158 valence electrons. The van der Waals surface area contributed by atoms with Crippen LogP contribution < -0.4 is 21.4 Å². The number of carbonyl (C=O) groups is 2. The summed E-state index contributed by atoms with van der Waals surface area (Å²) in [6, 6.07) is 5.70. The molecule has 1 atom stereocenters. The molecule has 2 heterocycles. The van der Waals surface area contributed by atoms with Crippen LogP contribution in [0.15, 0.2) is 35.6 Å². The van der Waals surface area contributed by atoms with E-state index in [-0.39, 0.29) is 29.1 Å². The molecule has 10 heteroatoms. The lowest BCUT2D eigenvalue weighted by Gasteiger charge is -2.23. The third-order valence-electron chi connectivity index (χ3n) is 4.40. The van der Waals surface area contributed by atoms with Gasteiger partial charge in [-0.15, -0.1) is 0 Å². The van der Waals surface area contributed by atoms with Crippen LogP contribution >= 0.6 is 23.2 Å². The number of halogens is 2. The number of hydrogen-bond acceptors (Lipinski definition) is 6. The maximum atomic E-state index is 13.2. The van der Waals surface area contributed by atoms with E-state index in [2.05, 4.69) is 20.7 Å². The first-order valence-corrected chi connectivity index (χ1v) is 10.1. The average Bonchev–Trinajstić information content (AvgIpc) is 3.05. The number of benzene rings is 1. The average molecular weight is 449 g/mol. The van der Waals surface area contributed by atoms with Gasteiger partial charge in [-0.1, -0.05) is 23.2 Å². The van der Waals surface area contributed by atoms with Crippen molar-refractivity contribution < 1.29 is 9.59 Å². The van der Waals surface area contributed by atoms with Crippen LogP contribution in [0.2, 0.25) is 5.02 Å². The molecule has 2 aromatic rings. The topological polar surface area (TPSA) is 113 Å². The minimum Gasteiger partial charge on any atom is -0.399 e. The first-order chi connectivity index (χ1) is 14.2. The van der Waals surface area contributed by atoms with Crippen molar-refractivity contribution in [3.8, 4) is 0 Å². The van der Waals surface area contributed by atoms with Gasteiger partial charge in [-0.3, -0.25) is 9.59 Å². The number of anilines is 3. The van der Waals surface area contributed by atoms with E-state index in [1.165, 1.54) is 11.1 Å². The number of nitrogens with two attached hydrogens (primary N) is 1. The zero-order valence-corrected chi connectivity index (χ0v) is 18.3. The molecular formula is C20H22Cl2N6O2. The van der Waals surface area contributed by atoms with Crippen molar-refractivity contribution in [1.29, 1.82) is 0 Å². The van der Waals surface area contributed by atoms with Gasteiger partial charge in [0.05, 0.1) is 16.3 Å². The molecule has 1 aromatic carbocycles. The van der Waals surface area contributed by atoms with Crippen molar-refractivity contribution >= 4 is 57.4 Å². The first kappa shape index (κ1) is 21.9. The van der Waals surface area contributed by atoms with Crippen LogP contribution in [-0.2, 0) is 4.79 Å². The summed E-state index contributed by atoms with van der Waals surface area (Å²) in [5.41, 5.74) is 7.66. The third-order valence-corrected chi connectivity index (χ3v) is 4.93. The van der Waals surface area contributed by atoms with E-state index in [1.807, 2.05) is 13.8 Å². The van der Waals surface area contributed by atoms with Gasteiger partial charge in [0.1, 0.15) is 11.2 Å². The van der Waals surface area contributed by atoms with Gasteiger partial charge in [0.2, 0.25) is 5.91 Å². The van der Waals surface area contributed by atoms with Crippen molar-refractivity contribution in [2.24, 2.45) is 5.10 Å². The van der Waals surface area contributed by atoms with Crippen molar-refractivity contribution in [1.82, 2.24) is 10.3 Å². The summed E-state index contributed by atoms with van der Waals surface area (Å²) in [6.45, 7) is 5.47. The Morgan fingerprint density at radius 3 is 2.70 bits per heavy atom. The Hall–Kier alpha value is -2.84. The maximum Gasteiger partial charge on any atom is 0.253 e. The molecule has 2 amide bonds. The Balaban J connectivity index is 1.92. The first-order valence-electron chi connectivity index (χ1n) is 9.32. The number of nitrogen functional groups attached to an aromatic ring is 1. The minimum atomic E-state index is -0.775. The van der Waals surface area contributed by atoms with Gasteiger partial charge in [0.15, 0.2) is 5.82 Å². The quantitative estimate of drug-likeness (QED) is 0.605. The number of aromatic nitrogens is 1.